The molecule has 1 saturated carbocycles. The van der Waals surface area contributed by atoms with Gasteiger partial charge in [0.2, 0.25) is 11.8 Å². The molecule has 2 aliphatic carbocycles. The van der Waals surface area contributed by atoms with Crippen molar-refractivity contribution in [1.82, 2.24) is 9.80 Å². The highest BCUT2D eigenvalue weighted by atomic mass is 16.5. The van der Waals surface area contributed by atoms with Crippen molar-refractivity contribution in [2.75, 3.05) is 20.7 Å². The summed E-state index contributed by atoms with van der Waals surface area (Å²) in [6.45, 7) is 0.845. The molecule has 1 aromatic rings. The number of aliphatic hydroxyl groups is 1. The van der Waals surface area contributed by atoms with Gasteiger partial charge in [-0.05, 0) is 50.9 Å². The van der Waals surface area contributed by atoms with Crippen LogP contribution in [0.3, 0.4) is 0 Å². The molecule has 1 spiro atoms. The molecule has 154 valence electrons. The third kappa shape index (κ3) is 1.87. The minimum absolute atomic E-state index is 0.000117. The quantitative estimate of drug-likeness (QED) is 0.749. The van der Waals surface area contributed by atoms with Crippen LogP contribution < -0.4 is 9.47 Å². The zero-order valence-electron chi connectivity index (χ0n) is 16.8. The zero-order valence-corrected chi connectivity index (χ0v) is 16.8. The van der Waals surface area contributed by atoms with Gasteiger partial charge in [0.15, 0.2) is 11.5 Å². The maximum Gasteiger partial charge on any atom is 0.230 e. The number of piperidine rings is 1. The number of likely N-dealkylation sites (tertiary alicyclic amines) is 2. The summed E-state index contributed by atoms with van der Waals surface area (Å²) in [7, 11) is 3.70. The monoisotopic (exact) mass is 398 g/mol. The Kier molecular flexibility index (Phi) is 3.37. The summed E-state index contributed by atoms with van der Waals surface area (Å²) in [5.41, 5.74) is 0.674. The van der Waals surface area contributed by atoms with Gasteiger partial charge in [-0.1, -0.05) is 6.07 Å². The van der Waals surface area contributed by atoms with E-state index in [1.54, 1.807) is 7.11 Å². The molecule has 3 fully saturated rings. The first-order valence-electron chi connectivity index (χ1n) is 10.6. The molecule has 1 aromatic carbocycles. The molecule has 6 rings (SSSR count). The number of carbonyl (C=O) groups is 2. The van der Waals surface area contributed by atoms with Crippen LogP contribution >= 0.6 is 0 Å². The summed E-state index contributed by atoms with van der Waals surface area (Å²) in [5, 5.41) is 12.2. The second-order valence-electron chi connectivity index (χ2n) is 9.28. The van der Waals surface area contributed by atoms with E-state index >= 15 is 0 Å². The molecule has 3 heterocycles. The fraction of sp³-hybridized carbons (Fsp3) is 0.636. The number of rotatable bonds is 2. The first-order chi connectivity index (χ1) is 13.9. The summed E-state index contributed by atoms with van der Waals surface area (Å²) in [6.07, 6.45) is 2.73. The summed E-state index contributed by atoms with van der Waals surface area (Å²) < 4.78 is 12.2. The van der Waals surface area contributed by atoms with Crippen molar-refractivity contribution in [2.24, 2.45) is 0 Å². The van der Waals surface area contributed by atoms with Crippen LogP contribution in [0, 0.1) is 0 Å². The number of amides is 2. The van der Waals surface area contributed by atoms with E-state index in [0.717, 1.165) is 24.9 Å². The Morgan fingerprint density at radius 2 is 1.97 bits per heavy atom. The molecule has 3 aliphatic heterocycles. The van der Waals surface area contributed by atoms with Crippen LogP contribution in [0.15, 0.2) is 12.1 Å². The SMILES string of the molecule is COc1ccc2c3c1O[C@H]1[C@H](N4C(=O)CCC4=O)CC[C@@]4(O)[C@@H](C2)N(C)CC[C@]314. The molecule has 5 aliphatic rings. The molecule has 0 unspecified atom stereocenters. The average Bonchev–Trinajstić information content (AvgIpc) is 3.22. The number of benzene rings is 1. The van der Waals surface area contributed by atoms with Crippen LogP contribution in [0.5, 0.6) is 11.5 Å². The van der Waals surface area contributed by atoms with Crippen LogP contribution in [0.2, 0.25) is 0 Å². The van der Waals surface area contributed by atoms with Crippen LogP contribution in [0.4, 0.5) is 0 Å². The van der Waals surface area contributed by atoms with E-state index in [4.69, 9.17) is 9.47 Å². The van der Waals surface area contributed by atoms with E-state index in [1.807, 2.05) is 6.07 Å². The number of methoxy groups -OCH3 is 1. The minimum Gasteiger partial charge on any atom is -0.493 e. The van der Waals surface area contributed by atoms with Crippen molar-refractivity contribution < 1.29 is 24.2 Å². The molecule has 2 bridgehead atoms. The van der Waals surface area contributed by atoms with Gasteiger partial charge in [-0.25, -0.2) is 0 Å². The third-order valence-electron chi connectivity index (χ3n) is 8.32. The third-order valence-corrected chi connectivity index (χ3v) is 8.32. The van der Waals surface area contributed by atoms with E-state index in [9.17, 15) is 14.7 Å². The van der Waals surface area contributed by atoms with Gasteiger partial charge in [0.05, 0.1) is 24.2 Å². The number of likely N-dealkylation sites (N-methyl/N-ethyl adjacent to an activating group) is 1. The van der Waals surface area contributed by atoms with Gasteiger partial charge in [-0.15, -0.1) is 0 Å². The molecule has 0 aromatic heterocycles. The Balaban J connectivity index is 1.59. The Hall–Kier alpha value is -2.12. The molecule has 7 nitrogen and oxygen atoms in total. The van der Waals surface area contributed by atoms with E-state index in [0.29, 0.717) is 24.3 Å². The van der Waals surface area contributed by atoms with Gasteiger partial charge < -0.3 is 19.5 Å². The lowest BCUT2D eigenvalue weighted by atomic mass is 9.48. The first kappa shape index (κ1) is 17.7. The maximum absolute atomic E-state index is 12.6. The molecular formula is C22H26N2O5. The molecule has 7 heteroatoms. The number of imide groups is 1. The van der Waals surface area contributed by atoms with Crippen molar-refractivity contribution in [2.45, 2.75) is 67.7 Å². The summed E-state index contributed by atoms with van der Waals surface area (Å²) in [4.78, 5) is 28.9. The highest BCUT2D eigenvalue weighted by Crippen LogP contribution is 2.65. The lowest BCUT2D eigenvalue weighted by Gasteiger charge is -2.64. The van der Waals surface area contributed by atoms with Gasteiger partial charge in [0.1, 0.15) is 6.10 Å². The van der Waals surface area contributed by atoms with E-state index in [-0.39, 0.29) is 36.7 Å². The van der Waals surface area contributed by atoms with Crippen molar-refractivity contribution in [3.8, 4) is 11.5 Å². The van der Waals surface area contributed by atoms with Crippen LogP contribution in [-0.4, -0.2) is 71.2 Å². The number of carbonyl (C=O) groups excluding carboxylic acids is 2. The van der Waals surface area contributed by atoms with Crippen molar-refractivity contribution >= 4 is 11.8 Å². The fourth-order valence-electron chi connectivity index (χ4n) is 7.11. The predicted molar refractivity (Wildman–Crippen MR) is 103 cm³/mol. The van der Waals surface area contributed by atoms with Crippen molar-refractivity contribution in [1.29, 1.82) is 0 Å². The number of ether oxygens (including phenoxy) is 2. The van der Waals surface area contributed by atoms with E-state index < -0.39 is 17.1 Å². The van der Waals surface area contributed by atoms with E-state index in [1.165, 1.54) is 10.5 Å². The van der Waals surface area contributed by atoms with Gasteiger partial charge >= 0.3 is 0 Å². The fourth-order valence-corrected chi connectivity index (χ4v) is 7.11. The molecule has 1 N–H and O–H groups in total. The summed E-state index contributed by atoms with van der Waals surface area (Å²) in [5.74, 6) is 1.12. The Morgan fingerprint density at radius 3 is 2.69 bits per heavy atom. The summed E-state index contributed by atoms with van der Waals surface area (Å²) in [6, 6.07) is 3.68. The van der Waals surface area contributed by atoms with Crippen LogP contribution in [0.1, 0.15) is 43.2 Å². The van der Waals surface area contributed by atoms with Gasteiger partial charge in [-0.2, -0.15) is 0 Å². The molecule has 5 atom stereocenters. The van der Waals surface area contributed by atoms with Crippen LogP contribution in [-0.2, 0) is 21.4 Å². The number of hydrogen-bond donors (Lipinski definition) is 1. The molecule has 2 saturated heterocycles. The van der Waals surface area contributed by atoms with Crippen molar-refractivity contribution in [3.05, 3.63) is 23.3 Å². The standard InChI is InChI=1S/C22H26N2O5/c1-23-10-9-21-18-12-3-4-14(28-2)19(18)29-20(21)13(24-16(25)5-6-17(24)26)7-8-22(21,27)15(23)11-12/h3-4,13,15,20,27H,5-11H2,1-2H3/t13-,15-,20+,21+,22-/m1/s1. The van der Waals surface area contributed by atoms with Crippen molar-refractivity contribution in [3.63, 3.8) is 0 Å². The molecule has 29 heavy (non-hydrogen) atoms. The van der Waals surface area contributed by atoms with Crippen LogP contribution in [0.25, 0.3) is 0 Å². The van der Waals surface area contributed by atoms with Gasteiger partial charge in [-0.3, -0.25) is 14.5 Å². The second kappa shape index (κ2) is 5.52. The maximum atomic E-state index is 12.6. The predicted octanol–water partition coefficient (Wildman–Crippen LogP) is 0.997. The van der Waals surface area contributed by atoms with E-state index in [2.05, 4.69) is 18.0 Å². The molecular weight excluding hydrogens is 372 g/mol. The Morgan fingerprint density at radius 1 is 1.21 bits per heavy atom. The summed E-state index contributed by atoms with van der Waals surface area (Å²) >= 11 is 0. The normalized spacial score (nSPS) is 40.1. The Bertz CT molecular complexity index is 931. The lowest BCUT2D eigenvalue weighted by Crippen LogP contribution is -2.78. The van der Waals surface area contributed by atoms with Gasteiger partial charge in [0, 0.05) is 24.4 Å². The Labute approximate surface area is 169 Å². The molecule has 0 radical (unpaired) electrons. The zero-order chi connectivity index (χ0) is 20.1. The topological polar surface area (TPSA) is 79.3 Å². The molecule has 2 amide bonds. The number of nitrogens with zero attached hydrogens (tertiary/aromatic N) is 2. The smallest absolute Gasteiger partial charge is 0.230 e. The first-order valence-corrected chi connectivity index (χ1v) is 10.6. The lowest BCUT2D eigenvalue weighted by molar-refractivity contribution is -0.197. The largest absolute Gasteiger partial charge is 0.493 e. The second-order valence-corrected chi connectivity index (χ2v) is 9.28. The van der Waals surface area contributed by atoms with Gasteiger partial charge in [0.25, 0.3) is 0 Å². The highest BCUT2D eigenvalue weighted by Gasteiger charge is 2.73. The number of hydrogen-bond acceptors (Lipinski definition) is 6. The highest BCUT2D eigenvalue weighted by molar-refractivity contribution is 6.02. The average molecular weight is 398 g/mol. The minimum atomic E-state index is -0.947.